The summed E-state index contributed by atoms with van der Waals surface area (Å²) in [5, 5.41) is 70.5. The molecular weight excluding hydrogens is 616 g/mol. The Morgan fingerprint density at radius 1 is 0.286 bits per heavy atom. The molecule has 0 radical (unpaired) electrons. The van der Waals surface area contributed by atoms with E-state index in [-0.39, 0.29) is 0 Å². The van der Waals surface area contributed by atoms with E-state index in [1.165, 1.54) is 0 Å². The first-order valence-corrected chi connectivity index (χ1v) is 9.52. The molecule has 0 aromatic rings. The highest BCUT2D eigenvalue weighted by molar-refractivity contribution is 4.78. The standard InChI is InChI=1S/2C5H8N4O12/c2*10-6(11)18-1-5(2-19-7(12)13,3-20-8(14)15)4-21-9(16)17/h2*1-4H2. The van der Waals surface area contributed by atoms with Crippen LogP contribution in [0.2, 0.25) is 0 Å². The van der Waals surface area contributed by atoms with E-state index in [1.54, 1.807) is 0 Å². The molecule has 0 amide bonds. The lowest BCUT2D eigenvalue weighted by Crippen LogP contribution is -2.43. The molecule has 0 aromatic heterocycles. The molecule has 0 aliphatic heterocycles. The average molecular weight is 632 g/mol. The Labute approximate surface area is 225 Å². The summed E-state index contributed by atoms with van der Waals surface area (Å²) >= 11 is 0. The molecule has 0 unspecified atom stereocenters. The van der Waals surface area contributed by atoms with Crippen molar-refractivity contribution in [3.8, 4) is 0 Å². The second kappa shape index (κ2) is 18.8. The largest absolute Gasteiger partial charge is 0.313 e. The van der Waals surface area contributed by atoms with Crippen molar-refractivity contribution in [1.29, 1.82) is 0 Å². The highest BCUT2D eigenvalue weighted by Gasteiger charge is 2.38. The van der Waals surface area contributed by atoms with Gasteiger partial charge in [-0.1, -0.05) is 0 Å². The molecule has 0 heterocycles. The minimum atomic E-state index is -2.03. The molecule has 0 aliphatic rings. The number of rotatable bonds is 24. The Kier molecular flexibility index (Phi) is 16.9. The van der Waals surface area contributed by atoms with E-state index < -0.39 is 104 Å². The van der Waals surface area contributed by atoms with Crippen LogP contribution in [0.5, 0.6) is 0 Å². The zero-order valence-electron chi connectivity index (χ0n) is 20.0. The van der Waals surface area contributed by atoms with Gasteiger partial charge in [0.2, 0.25) is 0 Å². The van der Waals surface area contributed by atoms with Crippen molar-refractivity contribution in [2.24, 2.45) is 10.8 Å². The molecule has 0 atom stereocenters. The fourth-order valence-corrected chi connectivity index (χ4v) is 2.02. The van der Waals surface area contributed by atoms with Crippen LogP contribution in [0.25, 0.3) is 0 Å². The predicted octanol–water partition coefficient (Wildman–Crippen LogP) is -2.39. The first kappa shape index (κ1) is 37.8. The maximum absolute atomic E-state index is 10.1. The Morgan fingerprint density at radius 2 is 0.381 bits per heavy atom. The van der Waals surface area contributed by atoms with Crippen molar-refractivity contribution in [3.63, 3.8) is 0 Å². The first-order chi connectivity index (χ1) is 19.3. The van der Waals surface area contributed by atoms with Crippen molar-refractivity contribution in [2.75, 3.05) is 52.9 Å². The van der Waals surface area contributed by atoms with Crippen LogP contribution in [0.15, 0.2) is 0 Å². The Hall–Kier alpha value is -6.40. The van der Waals surface area contributed by atoms with Crippen LogP contribution in [0.1, 0.15) is 0 Å². The third kappa shape index (κ3) is 20.6. The predicted molar refractivity (Wildman–Crippen MR) is 108 cm³/mol. The van der Waals surface area contributed by atoms with Crippen molar-refractivity contribution in [1.82, 2.24) is 0 Å². The summed E-state index contributed by atoms with van der Waals surface area (Å²) in [5.41, 5.74) is -4.06. The summed E-state index contributed by atoms with van der Waals surface area (Å²) in [6.45, 7) is -8.26. The second-order valence-corrected chi connectivity index (χ2v) is 6.98. The molecule has 0 bridgehead atoms. The van der Waals surface area contributed by atoms with Crippen LogP contribution in [0, 0.1) is 91.7 Å². The fourth-order valence-electron chi connectivity index (χ4n) is 2.02. The maximum Gasteiger partial charge on any atom is 0.294 e. The topological polar surface area (TPSA) is 419 Å². The third-order valence-corrected chi connectivity index (χ3v) is 3.81. The van der Waals surface area contributed by atoms with Crippen molar-refractivity contribution < 1.29 is 79.4 Å². The number of nitrogens with zero attached hydrogens (tertiary/aromatic N) is 8. The van der Waals surface area contributed by atoms with Gasteiger partial charge >= 0.3 is 0 Å². The zero-order chi connectivity index (χ0) is 32.9. The average Bonchev–Trinajstić information content (AvgIpc) is 2.86. The van der Waals surface area contributed by atoms with Crippen LogP contribution in [0.4, 0.5) is 0 Å². The molecule has 0 fully saturated rings. The summed E-state index contributed by atoms with van der Waals surface area (Å²) in [5.74, 6) is 0. The van der Waals surface area contributed by atoms with Gasteiger partial charge in [-0.05, 0) is 0 Å². The van der Waals surface area contributed by atoms with E-state index in [9.17, 15) is 80.9 Å². The molecule has 32 heteroatoms. The van der Waals surface area contributed by atoms with Gasteiger partial charge in [0.05, 0.1) is 10.8 Å². The lowest BCUT2D eigenvalue weighted by Gasteiger charge is -2.28. The van der Waals surface area contributed by atoms with Crippen LogP contribution in [0.3, 0.4) is 0 Å². The van der Waals surface area contributed by atoms with Crippen LogP contribution in [-0.2, 0) is 38.7 Å². The molecule has 42 heavy (non-hydrogen) atoms. The van der Waals surface area contributed by atoms with E-state index in [0.29, 0.717) is 0 Å². The summed E-state index contributed by atoms with van der Waals surface area (Å²) in [6, 6.07) is 0. The van der Waals surface area contributed by atoms with Crippen molar-refractivity contribution in [3.05, 3.63) is 80.9 Å². The summed E-state index contributed by atoms with van der Waals surface area (Å²) < 4.78 is 0. The van der Waals surface area contributed by atoms with E-state index in [1.807, 2.05) is 0 Å². The number of hydrogen-bond acceptors (Lipinski definition) is 24. The molecule has 0 saturated carbocycles. The minimum absolute atomic E-state index is 1.03. The van der Waals surface area contributed by atoms with Gasteiger partial charge in [-0.3, -0.25) is 0 Å². The van der Waals surface area contributed by atoms with Gasteiger partial charge in [0, 0.05) is 0 Å². The molecule has 0 spiro atoms. The third-order valence-electron chi connectivity index (χ3n) is 3.81. The molecular formula is C10H16N8O24. The minimum Gasteiger partial charge on any atom is -0.313 e. The van der Waals surface area contributed by atoms with Crippen molar-refractivity contribution >= 4 is 0 Å². The van der Waals surface area contributed by atoms with E-state index in [2.05, 4.69) is 38.7 Å². The van der Waals surface area contributed by atoms with Gasteiger partial charge in [-0.15, -0.1) is 80.9 Å². The highest BCUT2D eigenvalue weighted by atomic mass is 17.0. The summed E-state index contributed by atoms with van der Waals surface area (Å²) in [7, 11) is 0. The molecule has 240 valence electrons. The van der Waals surface area contributed by atoms with Gasteiger partial charge in [0.25, 0.3) is 40.7 Å². The van der Waals surface area contributed by atoms with Gasteiger partial charge in [-0.25, -0.2) is 0 Å². The van der Waals surface area contributed by atoms with Crippen LogP contribution < -0.4 is 0 Å². The van der Waals surface area contributed by atoms with Gasteiger partial charge in [0.15, 0.2) is 0 Å². The summed E-state index contributed by atoms with van der Waals surface area (Å²) in [4.78, 5) is 112. The van der Waals surface area contributed by atoms with E-state index in [4.69, 9.17) is 0 Å². The quantitative estimate of drug-likeness (QED) is 0.0790. The lowest BCUT2D eigenvalue weighted by molar-refractivity contribution is -0.792. The molecule has 0 rings (SSSR count). The lowest BCUT2D eigenvalue weighted by atomic mass is 9.92. The second-order valence-electron chi connectivity index (χ2n) is 6.98. The Bertz CT molecular complexity index is 742. The normalized spacial score (nSPS) is 10.3. The molecule has 0 aromatic carbocycles. The van der Waals surface area contributed by atoms with Crippen molar-refractivity contribution in [2.45, 2.75) is 0 Å². The maximum atomic E-state index is 10.1. The summed E-state index contributed by atoms with van der Waals surface area (Å²) in [6.07, 6.45) is 0. The van der Waals surface area contributed by atoms with E-state index in [0.717, 1.165) is 0 Å². The van der Waals surface area contributed by atoms with Crippen LogP contribution in [-0.4, -0.2) is 93.5 Å². The SMILES string of the molecule is O=[N+]([O-])OCC(CO[N+](=O)[O-])(CO[N+](=O)[O-])CO[N+](=O)[O-].O=[N+]([O-])OCC(CO[N+](=O)[O-])(CO[N+](=O)[O-])CO[N+](=O)[O-]. The molecule has 0 saturated heterocycles. The Balaban J connectivity index is 0. The molecule has 0 N–H and O–H groups in total. The van der Waals surface area contributed by atoms with E-state index >= 15 is 0 Å². The number of hydrogen-bond donors (Lipinski definition) is 0. The smallest absolute Gasteiger partial charge is 0.294 e. The van der Waals surface area contributed by atoms with Gasteiger partial charge in [0.1, 0.15) is 52.9 Å². The Morgan fingerprint density at radius 3 is 0.452 bits per heavy atom. The zero-order valence-corrected chi connectivity index (χ0v) is 20.0. The highest BCUT2D eigenvalue weighted by Crippen LogP contribution is 2.22. The monoisotopic (exact) mass is 632 g/mol. The molecule has 0 aliphatic carbocycles. The fraction of sp³-hybridized carbons (Fsp3) is 1.00. The first-order valence-electron chi connectivity index (χ1n) is 9.52. The van der Waals surface area contributed by atoms with Gasteiger partial charge < -0.3 is 38.7 Å². The van der Waals surface area contributed by atoms with Crippen LogP contribution >= 0.6 is 0 Å². The molecule has 32 nitrogen and oxygen atoms in total. The van der Waals surface area contributed by atoms with Gasteiger partial charge in [-0.2, -0.15) is 0 Å².